The Labute approximate surface area is 132 Å². The number of carbonyl (C=O) groups is 1. The van der Waals surface area contributed by atoms with E-state index in [1.165, 1.54) is 5.56 Å². The Morgan fingerprint density at radius 1 is 1.41 bits per heavy atom. The summed E-state index contributed by atoms with van der Waals surface area (Å²) in [7, 11) is 0. The zero-order chi connectivity index (χ0) is 16.4. The lowest BCUT2D eigenvalue weighted by Crippen LogP contribution is -2.50. The van der Waals surface area contributed by atoms with Crippen molar-refractivity contribution in [3.63, 3.8) is 0 Å². The summed E-state index contributed by atoms with van der Waals surface area (Å²) >= 11 is 0. The second-order valence-electron chi connectivity index (χ2n) is 7.17. The van der Waals surface area contributed by atoms with Crippen LogP contribution in [-0.2, 0) is 11.2 Å². The van der Waals surface area contributed by atoms with Gasteiger partial charge in [-0.2, -0.15) is 0 Å². The van der Waals surface area contributed by atoms with Gasteiger partial charge in [0, 0.05) is 18.9 Å². The van der Waals surface area contributed by atoms with E-state index >= 15 is 0 Å². The minimum atomic E-state index is -0.345. The van der Waals surface area contributed by atoms with Crippen molar-refractivity contribution in [1.82, 2.24) is 15.6 Å². The van der Waals surface area contributed by atoms with Crippen molar-refractivity contribution in [2.24, 2.45) is 0 Å². The van der Waals surface area contributed by atoms with Crippen LogP contribution in [0.3, 0.4) is 0 Å². The molecule has 0 aromatic carbocycles. The molecule has 0 unspecified atom stereocenters. The molecule has 1 saturated heterocycles. The van der Waals surface area contributed by atoms with E-state index in [-0.39, 0.29) is 23.3 Å². The van der Waals surface area contributed by atoms with Crippen LogP contribution in [0.5, 0.6) is 0 Å². The quantitative estimate of drug-likeness (QED) is 0.898. The third-order valence-electron chi connectivity index (χ3n) is 4.20. The van der Waals surface area contributed by atoms with Crippen LogP contribution in [-0.4, -0.2) is 34.8 Å². The lowest BCUT2D eigenvalue weighted by Gasteiger charge is -2.27. The van der Waals surface area contributed by atoms with Crippen molar-refractivity contribution in [2.45, 2.75) is 64.7 Å². The molecule has 122 valence electrons. The van der Waals surface area contributed by atoms with Crippen LogP contribution in [0.4, 0.5) is 4.79 Å². The first-order valence-corrected chi connectivity index (χ1v) is 7.84. The first kappa shape index (κ1) is 16.7. The molecule has 5 heteroatoms. The topological polar surface area (TPSA) is 63.2 Å². The van der Waals surface area contributed by atoms with Crippen molar-refractivity contribution < 1.29 is 9.53 Å². The largest absolute Gasteiger partial charge is 0.367 e. The highest BCUT2D eigenvalue weighted by atomic mass is 16.5. The molecule has 0 radical (unpaired) electrons. The molecule has 1 aromatic rings. The van der Waals surface area contributed by atoms with Crippen molar-refractivity contribution >= 4 is 6.03 Å². The zero-order valence-corrected chi connectivity index (χ0v) is 14.2. The lowest BCUT2D eigenvalue weighted by atomic mass is 9.95. The molecule has 1 atom stereocenters. The molecule has 1 fully saturated rings. The third-order valence-corrected chi connectivity index (χ3v) is 4.20. The van der Waals surface area contributed by atoms with Gasteiger partial charge in [0.25, 0.3) is 0 Å². The Balaban J connectivity index is 1.80. The van der Waals surface area contributed by atoms with Crippen LogP contribution < -0.4 is 10.6 Å². The summed E-state index contributed by atoms with van der Waals surface area (Å²) in [5.41, 5.74) is 1.82. The maximum absolute atomic E-state index is 12.1. The van der Waals surface area contributed by atoms with Gasteiger partial charge in [0.1, 0.15) is 0 Å². The van der Waals surface area contributed by atoms with Gasteiger partial charge in [-0.1, -0.05) is 0 Å². The van der Waals surface area contributed by atoms with Gasteiger partial charge in [0.2, 0.25) is 0 Å². The standard InChI is InChI=1S/C17H27N3O2/c1-12-11-18-8-6-13(12)7-9-19-15(21)20-14-10-16(2,3)22-17(14,4)5/h6,8,11,14H,7,9-10H2,1-5H3,(H2,19,20,21)/t14-/m0/s1. The van der Waals surface area contributed by atoms with E-state index in [0.717, 1.165) is 18.4 Å². The van der Waals surface area contributed by atoms with Gasteiger partial charge in [-0.25, -0.2) is 4.79 Å². The van der Waals surface area contributed by atoms with Gasteiger partial charge in [0.15, 0.2) is 0 Å². The molecule has 5 nitrogen and oxygen atoms in total. The van der Waals surface area contributed by atoms with Crippen LogP contribution in [0.1, 0.15) is 45.2 Å². The predicted molar refractivity (Wildman–Crippen MR) is 86.9 cm³/mol. The number of pyridine rings is 1. The summed E-state index contributed by atoms with van der Waals surface area (Å²) in [4.78, 5) is 16.2. The molecule has 1 aliphatic heterocycles. The van der Waals surface area contributed by atoms with Gasteiger partial charge < -0.3 is 15.4 Å². The molecule has 2 heterocycles. The Bertz CT molecular complexity index is 540. The zero-order valence-electron chi connectivity index (χ0n) is 14.2. The Hall–Kier alpha value is -1.62. The summed E-state index contributed by atoms with van der Waals surface area (Å²) in [6, 6.07) is 1.88. The molecule has 0 spiro atoms. The van der Waals surface area contributed by atoms with E-state index in [1.807, 2.05) is 33.0 Å². The van der Waals surface area contributed by atoms with E-state index in [9.17, 15) is 4.79 Å². The molecule has 0 bridgehead atoms. The molecule has 2 rings (SSSR count). The third kappa shape index (κ3) is 4.19. The van der Waals surface area contributed by atoms with Crippen LogP contribution in [0.15, 0.2) is 18.5 Å². The minimum absolute atomic E-state index is 0.0187. The number of ether oxygens (including phenoxy) is 1. The number of carbonyl (C=O) groups excluding carboxylic acids is 1. The van der Waals surface area contributed by atoms with E-state index in [1.54, 1.807) is 6.20 Å². The maximum atomic E-state index is 12.1. The Morgan fingerprint density at radius 2 is 2.14 bits per heavy atom. The number of nitrogens with one attached hydrogen (secondary N) is 2. The van der Waals surface area contributed by atoms with Crippen molar-refractivity contribution in [3.05, 3.63) is 29.6 Å². The Kier molecular flexibility index (Phi) is 4.75. The number of amides is 2. The summed E-state index contributed by atoms with van der Waals surface area (Å²) in [5.74, 6) is 0. The van der Waals surface area contributed by atoms with Crippen molar-refractivity contribution in [3.8, 4) is 0 Å². The summed E-state index contributed by atoms with van der Waals surface area (Å²) < 4.78 is 5.99. The van der Waals surface area contributed by atoms with E-state index in [0.29, 0.717) is 6.54 Å². The van der Waals surface area contributed by atoms with Gasteiger partial charge >= 0.3 is 6.03 Å². The van der Waals surface area contributed by atoms with Crippen molar-refractivity contribution in [2.75, 3.05) is 6.54 Å². The van der Waals surface area contributed by atoms with E-state index in [4.69, 9.17) is 4.74 Å². The van der Waals surface area contributed by atoms with Crippen LogP contribution in [0.25, 0.3) is 0 Å². The average molecular weight is 305 g/mol. The number of aromatic nitrogens is 1. The van der Waals surface area contributed by atoms with Gasteiger partial charge in [-0.15, -0.1) is 0 Å². The minimum Gasteiger partial charge on any atom is -0.367 e. The molecular formula is C17H27N3O2. The first-order chi connectivity index (χ1) is 10.2. The second-order valence-corrected chi connectivity index (χ2v) is 7.17. The fourth-order valence-corrected chi connectivity index (χ4v) is 3.09. The number of hydrogen-bond donors (Lipinski definition) is 2. The Morgan fingerprint density at radius 3 is 2.73 bits per heavy atom. The van der Waals surface area contributed by atoms with Gasteiger partial charge in [0.05, 0.1) is 17.2 Å². The second kappa shape index (κ2) is 6.24. The number of urea groups is 1. The average Bonchev–Trinajstić information content (AvgIpc) is 2.59. The maximum Gasteiger partial charge on any atom is 0.315 e. The van der Waals surface area contributed by atoms with Gasteiger partial charge in [-0.05, 0) is 64.7 Å². The molecule has 1 aromatic heterocycles. The number of rotatable bonds is 4. The molecular weight excluding hydrogens is 278 g/mol. The van der Waals surface area contributed by atoms with Crippen LogP contribution in [0, 0.1) is 6.92 Å². The lowest BCUT2D eigenvalue weighted by molar-refractivity contribution is -0.0690. The smallest absolute Gasteiger partial charge is 0.315 e. The predicted octanol–water partition coefficient (Wildman–Crippen LogP) is 2.58. The highest BCUT2D eigenvalue weighted by molar-refractivity contribution is 5.74. The molecule has 0 aliphatic carbocycles. The normalized spacial score (nSPS) is 22.3. The van der Waals surface area contributed by atoms with E-state index in [2.05, 4.69) is 29.5 Å². The number of aryl methyl sites for hydroxylation is 1. The molecule has 0 saturated carbocycles. The highest BCUT2D eigenvalue weighted by Gasteiger charge is 2.46. The fraction of sp³-hybridized carbons (Fsp3) is 0.647. The summed E-state index contributed by atoms with van der Waals surface area (Å²) in [6.45, 7) is 10.8. The first-order valence-electron chi connectivity index (χ1n) is 7.84. The fourth-order valence-electron chi connectivity index (χ4n) is 3.09. The highest BCUT2D eigenvalue weighted by Crippen LogP contribution is 2.37. The summed E-state index contributed by atoms with van der Waals surface area (Å²) in [6.07, 6.45) is 5.24. The molecule has 1 aliphatic rings. The van der Waals surface area contributed by atoms with Crippen LogP contribution in [0.2, 0.25) is 0 Å². The number of hydrogen-bond acceptors (Lipinski definition) is 3. The molecule has 2 amide bonds. The number of nitrogens with zero attached hydrogens (tertiary/aromatic N) is 1. The SMILES string of the molecule is Cc1cnccc1CCNC(=O)N[C@H]1CC(C)(C)OC1(C)C. The van der Waals surface area contributed by atoms with E-state index < -0.39 is 0 Å². The van der Waals surface area contributed by atoms with Crippen LogP contribution >= 0.6 is 0 Å². The summed E-state index contributed by atoms with van der Waals surface area (Å²) in [5, 5.41) is 5.96. The van der Waals surface area contributed by atoms with Gasteiger partial charge in [-0.3, -0.25) is 4.98 Å². The monoisotopic (exact) mass is 305 g/mol. The molecule has 22 heavy (non-hydrogen) atoms. The van der Waals surface area contributed by atoms with Crippen molar-refractivity contribution in [1.29, 1.82) is 0 Å². The molecule has 2 N–H and O–H groups in total.